The van der Waals surface area contributed by atoms with Crippen molar-refractivity contribution in [2.45, 2.75) is 32.9 Å². The Balaban J connectivity index is 1.34. The van der Waals surface area contributed by atoms with Crippen LogP contribution in [-0.4, -0.2) is 65.7 Å². The molecule has 0 amide bonds. The number of guanidine groups is 1. The molecule has 3 N–H and O–H groups in total. The monoisotopic (exact) mass is 551 g/mol. The Bertz CT molecular complexity index is 1330. The minimum atomic E-state index is -1.22. The van der Waals surface area contributed by atoms with Gasteiger partial charge in [-0.1, -0.05) is 18.5 Å². The van der Waals surface area contributed by atoms with Crippen molar-refractivity contribution in [1.29, 1.82) is 0 Å². The summed E-state index contributed by atoms with van der Waals surface area (Å²) < 4.78 is 19.8. The van der Waals surface area contributed by atoms with Crippen molar-refractivity contribution >= 4 is 41.0 Å². The number of benzene rings is 1. The van der Waals surface area contributed by atoms with Gasteiger partial charge in [-0.25, -0.2) is 9.82 Å². The number of ether oxygens (including phenoxy) is 1. The molecule has 0 radical (unpaired) electrons. The van der Waals surface area contributed by atoms with E-state index < -0.39 is 6.17 Å². The van der Waals surface area contributed by atoms with Crippen LogP contribution in [0, 0.1) is 6.92 Å². The first kappa shape index (κ1) is 28.1. The van der Waals surface area contributed by atoms with Crippen molar-refractivity contribution in [2.24, 2.45) is 15.1 Å². The van der Waals surface area contributed by atoms with Crippen molar-refractivity contribution < 1.29 is 9.13 Å². The second-order valence-corrected chi connectivity index (χ2v) is 9.21. The Morgan fingerprint density at radius 2 is 2.03 bits per heavy atom. The van der Waals surface area contributed by atoms with E-state index >= 15 is 0 Å². The standard InChI is InChI=1S/C27H31ClFN9O/c1-3-9-39-10-8-30-26-25(29)6-7-31-27(37-26)38-35-16-21-4-5-22(15-32-21)36-23-12-19(11-20(28)13-23)24-17-34-33-14-18(24)2/h4-5,11-17,25,36H,3,6-10H2,1-2H3,(H2,30,31,37,38)/b35-16+. The van der Waals surface area contributed by atoms with Crippen molar-refractivity contribution in [2.75, 3.05) is 31.6 Å². The lowest BCUT2D eigenvalue weighted by atomic mass is 10.0. The Hall–Kier alpha value is -3.96. The fourth-order valence-electron chi connectivity index (χ4n) is 3.73. The number of aryl methyl sites for hydroxylation is 1. The molecule has 3 heterocycles. The number of pyridine rings is 1. The van der Waals surface area contributed by atoms with E-state index in [0.29, 0.717) is 43.0 Å². The SMILES string of the molecule is CCCOCCN=C1NC(N/N=C/c2ccc(Nc3cc(Cl)cc(-c4cnncc4C)c3)cn2)=NCCC1F. The van der Waals surface area contributed by atoms with Gasteiger partial charge in [-0.15, -0.1) is 0 Å². The summed E-state index contributed by atoms with van der Waals surface area (Å²) in [6.07, 6.45) is 6.65. The summed E-state index contributed by atoms with van der Waals surface area (Å²) in [5, 5.41) is 18.9. The summed E-state index contributed by atoms with van der Waals surface area (Å²) in [6.45, 7) is 5.81. The smallest absolute Gasteiger partial charge is 0.217 e. The lowest BCUT2D eigenvalue weighted by Crippen LogP contribution is -2.41. The molecule has 4 rings (SSSR count). The molecule has 204 valence electrons. The molecule has 1 unspecified atom stereocenters. The van der Waals surface area contributed by atoms with Gasteiger partial charge in [-0.3, -0.25) is 15.0 Å². The Kier molecular flexibility index (Phi) is 10.3. The minimum absolute atomic E-state index is 0.224. The molecule has 0 fully saturated rings. The average molecular weight is 552 g/mol. The maximum atomic E-state index is 14.4. The van der Waals surface area contributed by atoms with Crippen LogP contribution in [0.3, 0.4) is 0 Å². The molecule has 12 heteroatoms. The van der Waals surface area contributed by atoms with Crippen molar-refractivity contribution in [3.8, 4) is 11.1 Å². The first-order valence-electron chi connectivity index (χ1n) is 12.7. The van der Waals surface area contributed by atoms with Crippen molar-refractivity contribution in [3.05, 3.63) is 65.2 Å². The lowest BCUT2D eigenvalue weighted by molar-refractivity contribution is 0.142. The van der Waals surface area contributed by atoms with E-state index in [0.717, 1.165) is 34.5 Å². The quantitative estimate of drug-likeness (QED) is 0.190. The molecule has 0 aliphatic carbocycles. The molecule has 0 bridgehead atoms. The van der Waals surface area contributed by atoms with Crippen LogP contribution >= 0.6 is 11.6 Å². The molecular weight excluding hydrogens is 521 g/mol. The zero-order chi connectivity index (χ0) is 27.5. The number of amidine groups is 1. The van der Waals surface area contributed by atoms with Gasteiger partial charge in [-0.05, 0) is 54.8 Å². The van der Waals surface area contributed by atoms with Crippen LogP contribution in [0.4, 0.5) is 15.8 Å². The average Bonchev–Trinajstić information content (AvgIpc) is 3.10. The largest absolute Gasteiger partial charge is 0.380 e. The Morgan fingerprint density at radius 1 is 1.15 bits per heavy atom. The fourth-order valence-corrected chi connectivity index (χ4v) is 3.96. The topological polar surface area (TPSA) is 121 Å². The number of halogens is 2. The number of hydrazone groups is 1. The summed E-state index contributed by atoms with van der Waals surface area (Å²) in [5.41, 5.74) is 7.93. The maximum Gasteiger partial charge on any atom is 0.217 e. The van der Waals surface area contributed by atoms with Crippen LogP contribution in [0.5, 0.6) is 0 Å². The van der Waals surface area contributed by atoms with Gasteiger partial charge >= 0.3 is 0 Å². The summed E-state index contributed by atoms with van der Waals surface area (Å²) in [7, 11) is 0. The summed E-state index contributed by atoms with van der Waals surface area (Å²) >= 11 is 6.37. The normalized spacial score (nSPS) is 16.6. The lowest BCUT2D eigenvalue weighted by Gasteiger charge is -2.11. The van der Waals surface area contributed by atoms with E-state index in [9.17, 15) is 4.39 Å². The minimum Gasteiger partial charge on any atom is -0.380 e. The third-order valence-corrected chi connectivity index (χ3v) is 5.86. The second kappa shape index (κ2) is 14.3. The number of anilines is 2. The third kappa shape index (κ3) is 8.52. The highest BCUT2D eigenvalue weighted by atomic mass is 35.5. The zero-order valence-corrected chi connectivity index (χ0v) is 22.6. The van der Waals surface area contributed by atoms with Crippen LogP contribution in [-0.2, 0) is 4.74 Å². The van der Waals surface area contributed by atoms with Gasteiger partial charge in [0, 0.05) is 35.8 Å². The number of nitrogens with zero attached hydrogens (tertiary/aromatic N) is 6. The van der Waals surface area contributed by atoms with E-state index in [1.165, 1.54) is 0 Å². The number of hydrogen-bond acceptors (Lipinski definition) is 9. The van der Waals surface area contributed by atoms with Gasteiger partial charge in [0.2, 0.25) is 5.96 Å². The summed E-state index contributed by atoms with van der Waals surface area (Å²) in [6, 6.07) is 9.42. The maximum absolute atomic E-state index is 14.4. The highest BCUT2D eigenvalue weighted by Crippen LogP contribution is 2.30. The Labute approximate surface area is 231 Å². The van der Waals surface area contributed by atoms with Crippen LogP contribution in [0.15, 0.2) is 64.0 Å². The molecule has 2 aromatic heterocycles. The van der Waals surface area contributed by atoms with Gasteiger partial charge in [0.15, 0.2) is 6.17 Å². The molecule has 39 heavy (non-hydrogen) atoms. The van der Waals surface area contributed by atoms with Crippen LogP contribution in [0.1, 0.15) is 31.0 Å². The van der Waals surface area contributed by atoms with E-state index in [-0.39, 0.29) is 12.3 Å². The van der Waals surface area contributed by atoms with Crippen LogP contribution in [0.25, 0.3) is 11.1 Å². The molecule has 0 saturated carbocycles. The van der Waals surface area contributed by atoms with Gasteiger partial charge in [0.25, 0.3) is 0 Å². The predicted molar refractivity (Wildman–Crippen MR) is 154 cm³/mol. The van der Waals surface area contributed by atoms with Gasteiger partial charge in [0.05, 0.1) is 49.3 Å². The summed E-state index contributed by atoms with van der Waals surface area (Å²) in [5.74, 6) is 0.552. The summed E-state index contributed by atoms with van der Waals surface area (Å²) in [4.78, 5) is 13.0. The number of nitrogens with one attached hydrogen (secondary N) is 3. The molecule has 1 aromatic carbocycles. The molecule has 0 spiro atoms. The van der Waals surface area contributed by atoms with E-state index in [2.05, 4.69) is 46.3 Å². The molecule has 10 nitrogen and oxygen atoms in total. The van der Waals surface area contributed by atoms with E-state index in [1.54, 1.807) is 24.8 Å². The second-order valence-electron chi connectivity index (χ2n) is 8.77. The van der Waals surface area contributed by atoms with Crippen LogP contribution < -0.4 is 16.1 Å². The molecule has 0 saturated heterocycles. The Morgan fingerprint density at radius 3 is 2.82 bits per heavy atom. The number of rotatable bonds is 10. The van der Waals surface area contributed by atoms with Crippen molar-refractivity contribution in [3.63, 3.8) is 0 Å². The molecule has 3 aromatic rings. The molecule has 1 aliphatic rings. The van der Waals surface area contributed by atoms with E-state index in [1.807, 2.05) is 44.2 Å². The van der Waals surface area contributed by atoms with Crippen molar-refractivity contribution in [1.82, 2.24) is 25.9 Å². The van der Waals surface area contributed by atoms with E-state index in [4.69, 9.17) is 16.3 Å². The van der Waals surface area contributed by atoms with Gasteiger partial charge in [0.1, 0.15) is 5.84 Å². The highest BCUT2D eigenvalue weighted by Gasteiger charge is 2.19. The predicted octanol–water partition coefficient (Wildman–Crippen LogP) is 4.68. The zero-order valence-electron chi connectivity index (χ0n) is 21.9. The number of aromatic nitrogens is 3. The first-order valence-corrected chi connectivity index (χ1v) is 13.1. The fraction of sp³-hybridized carbons (Fsp3) is 0.333. The third-order valence-electron chi connectivity index (χ3n) is 5.64. The van der Waals surface area contributed by atoms with Gasteiger partial charge in [-0.2, -0.15) is 15.3 Å². The molecule has 1 atom stereocenters. The highest BCUT2D eigenvalue weighted by molar-refractivity contribution is 6.31. The number of aliphatic imine (C=N–C) groups is 2. The first-order chi connectivity index (χ1) is 19.0. The number of alkyl halides is 1. The molecule has 1 aliphatic heterocycles. The number of hydrogen-bond donors (Lipinski definition) is 3. The molecular formula is C27H31ClFN9O. The van der Waals surface area contributed by atoms with Crippen LogP contribution in [0.2, 0.25) is 5.02 Å². The van der Waals surface area contributed by atoms with Gasteiger partial charge < -0.3 is 15.4 Å².